The van der Waals surface area contributed by atoms with Crippen LogP contribution in [0.1, 0.15) is 0 Å². The van der Waals surface area contributed by atoms with Crippen LogP contribution >= 0.6 is 0 Å². The van der Waals surface area contributed by atoms with Crippen molar-refractivity contribution in [1.82, 2.24) is 0 Å². The van der Waals surface area contributed by atoms with Gasteiger partial charge in [-0.3, -0.25) is 0 Å². The smallest absolute Gasteiger partial charge is 0.545 e. The molecular weight excluding hydrogens is 568 g/mol. The molecule has 0 saturated heterocycles. The first-order chi connectivity index (χ1) is 18.2. The van der Waals surface area contributed by atoms with E-state index in [1.54, 1.807) is 0 Å². The van der Waals surface area contributed by atoms with Gasteiger partial charge in [0.1, 0.15) is 0 Å². The van der Waals surface area contributed by atoms with Crippen LogP contribution in [-0.4, -0.2) is 47.8 Å². The Morgan fingerprint density at radius 3 is 0.286 bits per heavy atom. The van der Waals surface area contributed by atoms with E-state index in [0.29, 0.717) is 0 Å². The zero-order chi connectivity index (χ0) is 34.3. The molecule has 0 rings (SSSR count). The molecule has 42 heavy (non-hydrogen) atoms. The summed E-state index contributed by atoms with van der Waals surface area (Å²) < 4.78 is 0. The van der Waals surface area contributed by atoms with Gasteiger partial charge in [-0.15, -0.1) is 0 Å². The molecule has 16 heteroatoms. The van der Waals surface area contributed by atoms with Gasteiger partial charge in [-0.1, -0.05) is 52.6 Å². The van der Waals surface area contributed by atoms with Crippen molar-refractivity contribution < 1.29 is 79.2 Å². The molecule has 0 N–H and O–H groups in total. The van der Waals surface area contributed by atoms with E-state index in [0.717, 1.165) is 48.6 Å². The standard InChI is InChI=1S/8C3H4O2.2C/c8*1-2-3(4)5;;/h8*2H,1H2,(H,4,5);;/q;;;;;;;;2*+4/p-8. The van der Waals surface area contributed by atoms with Crippen LogP contribution in [0.5, 0.6) is 0 Å². The summed E-state index contributed by atoms with van der Waals surface area (Å²) in [6.45, 7) is 23.2. The van der Waals surface area contributed by atoms with Gasteiger partial charge in [0.05, 0.1) is 47.8 Å². The van der Waals surface area contributed by atoms with Gasteiger partial charge >= 0.3 is 14.9 Å². The SMILES string of the molecule is C=CC(=O)[O-].C=CC(=O)[O-].C=CC(=O)[O-].C=CC(=O)[O-].C=CC(=O)[O-].C=CC(=O)[O-].C=CC(=O)[O-].C=CC(=O)[O-].[C+4].[C+4]. The molecule has 0 aliphatic heterocycles. The average molecular weight is 592 g/mol. The van der Waals surface area contributed by atoms with Crippen LogP contribution in [0, 0.1) is 14.9 Å². The number of carboxylic acids is 8. The molecule has 0 aromatic rings. The molecule has 224 valence electrons. The number of carboxylic acid groups (broad SMARTS) is 8. The first kappa shape index (κ1) is 65.1. The number of carbonyl (C=O) groups excluding carboxylic acids is 8. The minimum atomic E-state index is -1.23. The minimum Gasteiger partial charge on any atom is -0.545 e. The number of carbonyl (C=O) groups is 8. The number of hydrogen-bond donors (Lipinski definition) is 0. The van der Waals surface area contributed by atoms with Crippen LogP contribution in [0.15, 0.2) is 101 Å². The van der Waals surface area contributed by atoms with Crippen LogP contribution in [0.25, 0.3) is 0 Å². The topological polar surface area (TPSA) is 321 Å². The van der Waals surface area contributed by atoms with E-state index < -0.39 is 47.8 Å². The van der Waals surface area contributed by atoms with Gasteiger partial charge in [0.25, 0.3) is 0 Å². The maximum absolute atomic E-state index is 9.14. The number of aliphatic carboxylic acids is 8. The Balaban J connectivity index is -0.0000000346. The molecule has 0 atom stereocenters. The molecule has 0 aromatic carbocycles. The number of rotatable bonds is 8. The van der Waals surface area contributed by atoms with Crippen molar-refractivity contribution in [2.75, 3.05) is 0 Å². The van der Waals surface area contributed by atoms with Crippen LogP contribution in [0.3, 0.4) is 0 Å². The summed E-state index contributed by atoms with van der Waals surface area (Å²) in [5.74, 6) is -9.85. The van der Waals surface area contributed by atoms with Crippen molar-refractivity contribution in [3.05, 3.63) is 116 Å². The molecule has 0 saturated carbocycles. The van der Waals surface area contributed by atoms with Crippen molar-refractivity contribution in [2.24, 2.45) is 0 Å². The van der Waals surface area contributed by atoms with Crippen molar-refractivity contribution in [1.29, 1.82) is 0 Å². The van der Waals surface area contributed by atoms with E-state index in [9.17, 15) is 0 Å². The monoisotopic (exact) mass is 592 g/mol. The van der Waals surface area contributed by atoms with Gasteiger partial charge in [0.15, 0.2) is 0 Å². The largest absolute Gasteiger partial charge is 4.00 e. The van der Waals surface area contributed by atoms with Gasteiger partial charge in [0, 0.05) is 0 Å². The zero-order valence-corrected chi connectivity index (χ0v) is 21.8. The van der Waals surface area contributed by atoms with Crippen LogP contribution < -0.4 is 40.9 Å². The first-order valence-electron chi connectivity index (χ1n) is 8.84. The maximum atomic E-state index is 9.14. The Morgan fingerprint density at radius 2 is 0.286 bits per heavy atom. The fraction of sp³-hybridized carbons (Fsp3) is 0. The van der Waals surface area contributed by atoms with Crippen molar-refractivity contribution >= 4 is 47.8 Å². The molecule has 0 aromatic heterocycles. The minimum absolute atomic E-state index is 0. The molecule has 0 fully saturated rings. The second kappa shape index (κ2) is 59.7. The van der Waals surface area contributed by atoms with Crippen molar-refractivity contribution in [3.8, 4) is 0 Å². The van der Waals surface area contributed by atoms with Crippen LogP contribution in [0.2, 0.25) is 0 Å². The fourth-order valence-electron chi connectivity index (χ4n) is 0. The zero-order valence-electron chi connectivity index (χ0n) is 21.8. The summed E-state index contributed by atoms with van der Waals surface area (Å²) in [5.41, 5.74) is 0. The quantitative estimate of drug-likeness (QED) is 0.236. The van der Waals surface area contributed by atoms with E-state index in [1.165, 1.54) is 0 Å². The van der Waals surface area contributed by atoms with E-state index in [2.05, 4.69) is 52.6 Å². The van der Waals surface area contributed by atoms with Gasteiger partial charge < -0.3 is 79.2 Å². The predicted molar refractivity (Wildman–Crippen MR) is 128 cm³/mol. The summed E-state index contributed by atoms with van der Waals surface area (Å²) >= 11 is 0. The summed E-state index contributed by atoms with van der Waals surface area (Å²) in [7, 11) is 0. The Kier molecular flexibility index (Phi) is 92.4. The Labute approximate surface area is 243 Å². The number of hydrogen-bond acceptors (Lipinski definition) is 16. The van der Waals surface area contributed by atoms with E-state index in [1.807, 2.05) is 0 Å². The summed E-state index contributed by atoms with van der Waals surface area (Å²) in [6.07, 6.45) is 5.78. The van der Waals surface area contributed by atoms with Crippen LogP contribution in [0.4, 0.5) is 0 Å². The third-order valence-corrected chi connectivity index (χ3v) is 1.33. The summed E-state index contributed by atoms with van der Waals surface area (Å²) in [5, 5.41) is 73.1. The maximum Gasteiger partial charge on any atom is 4.00 e. The van der Waals surface area contributed by atoms with E-state index in [-0.39, 0.29) is 14.9 Å². The fourth-order valence-corrected chi connectivity index (χ4v) is 0. The van der Waals surface area contributed by atoms with Gasteiger partial charge in [0.2, 0.25) is 0 Å². The predicted octanol–water partition coefficient (Wildman–Crippen LogP) is -8.46. The molecule has 0 radical (unpaired) electrons. The van der Waals surface area contributed by atoms with Gasteiger partial charge in [-0.05, 0) is 48.6 Å². The molecule has 0 aliphatic rings. The molecule has 0 aliphatic carbocycles. The average Bonchev–Trinajstić information content (AvgIpc) is 2.90. The van der Waals surface area contributed by atoms with Gasteiger partial charge in [-0.2, -0.15) is 0 Å². The third-order valence-electron chi connectivity index (χ3n) is 1.33. The molecule has 0 spiro atoms. The van der Waals surface area contributed by atoms with Crippen molar-refractivity contribution in [3.63, 3.8) is 0 Å². The molecule has 16 nitrogen and oxygen atoms in total. The normalized spacial score (nSPS) is 6.10. The second-order valence-electron chi connectivity index (χ2n) is 4.19. The first-order valence-corrected chi connectivity index (χ1v) is 8.84. The molecule has 0 heterocycles. The van der Waals surface area contributed by atoms with E-state index in [4.69, 9.17) is 79.2 Å². The van der Waals surface area contributed by atoms with Crippen LogP contribution in [-0.2, 0) is 38.4 Å². The van der Waals surface area contributed by atoms with Gasteiger partial charge in [-0.25, -0.2) is 0 Å². The second-order valence-corrected chi connectivity index (χ2v) is 4.19. The third kappa shape index (κ3) is 384. The Hall–Kier alpha value is -6.32. The Bertz CT molecular complexity index is 665. The molecular formula is C26H24O16. The molecule has 0 amide bonds. The summed E-state index contributed by atoms with van der Waals surface area (Å²) in [6, 6.07) is 0. The molecule has 0 unspecified atom stereocenters. The van der Waals surface area contributed by atoms with E-state index >= 15 is 0 Å². The Morgan fingerprint density at radius 1 is 0.262 bits per heavy atom. The summed E-state index contributed by atoms with van der Waals surface area (Å²) in [4.78, 5) is 73.1. The van der Waals surface area contributed by atoms with Crippen molar-refractivity contribution in [2.45, 2.75) is 0 Å². The molecule has 0 bridgehead atoms.